The van der Waals surface area contributed by atoms with E-state index in [9.17, 15) is 0 Å². The van der Waals surface area contributed by atoms with Gasteiger partial charge in [0, 0.05) is 12.2 Å². The average Bonchev–Trinajstić information content (AvgIpc) is 2.41. The van der Waals surface area contributed by atoms with Crippen LogP contribution in [0.15, 0.2) is 42.7 Å². The van der Waals surface area contributed by atoms with Crippen LogP contribution in [0, 0.1) is 0 Å². The number of nitrogens with zero attached hydrogens (tertiary/aromatic N) is 1. The van der Waals surface area contributed by atoms with E-state index in [1.165, 1.54) is 5.56 Å². The van der Waals surface area contributed by atoms with E-state index in [4.69, 9.17) is 16.3 Å². The maximum atomic E-state index is 6.12. The van der Waals surface area contributed by atoms with Crippen molar-refractivity contribution in [2.24, 2.45) is 0 Å². The van der Waals surface area contributed by atoms with E-state index >= 15 is 0 Å². The Balaban J connectivity index is 2.06. The molecule has 106 valence electrons. The predicted molar refractivity (Wildman–Crippen MR) is 83.5 cm³/mol. The first-order valence-corrected chi connectivity index (χ1v) is 7.06. The van der Waals surface area contributed by atoms with Crippen LogP contribution in [0.1, 0.15) is 32.4 Å². The molecule has 0 saturated carbocycles. The van der Waals surface area contributed by atoms with Crippen molar-refractivity contribution in [3.63, 3.8) is 0 Å². The number of halogens is 1. The molecule has 1 N–H and O–H groups in total. The lowest BCUT2D eigenvalue weighted by atomic mass is 10.1. The summed E-state index contributed by atoms with van der Waals surface area (Å²) in [6, 6.07) is 10.00. The van der Waals surface area contributed by atoms with Gasteiger partial charge in [0.25, 0.3) is 0 Å². The molecule has 0 aliphatic heterocycles. The smallest absolute Gasteiger partial charge is 0.119 e. The first kappa shape index (κ1) is 14.7. The Labute approximate surface area is 124 Å². The summed E-state index contributed by atoms with van der Waals surface area (Å²) in [5.41, 5.74) is 2.00. The van der Waals surface area contributed by atoms with Gasteiger partial charge in [0.1, 0.15) is 5.75 Å². The minimum atomic E-state index is 0.143. The molecular weight excluding hydrogens is 272 g/mol. The lowest BCUT2D eigenvalue weighted by Crippen LogP contribution is -2.08. The Kier molecular flexibility index (Phi) is 4.85. The lowest BCUT2D eigenvalue weighted by Gasteiger charge is -2.17. The van der Waals surface area contributed by atoms with E-state index in [-0.39, 0.29) is 12.1 Å². The van der Waals surface area contributed by atoms with Gasteiger partial charge < -0.3 is 10.1 Å². The van der Waals surface area contributed by atoms with E-state index in [0.717, 1.165) is 11.4 Å². The van der Waals surface area contributed by atoms with Crippen LogP contribution in [0.3, 0.4) is 0 Å². The van der Waals surface area contributed by atoms with E-state index in [2.05, 4.69) is 29.4 Å². The largest absolute Gasteiger partial charge is 0.491 e. The molecule has 0 fully saturated rings. The third-order valence-electron chi connectivity index (χ3n) is 2.89. The van der Waals surface area contributed by atoms with Gasteiger partial charge in [-0.15, -0.1) is 0 Å². The molecule has 3 nitrogen and oxygen atoms in total. The summed E-state index contributed by atoms with van der Waals surface area (Å²) >= 11 is 6.12. The number of hydrogen-bond acceptors (Lipinski definition) is 3. The summed E-state index contributed by atoms with van der Waals surface area (Å²) < 4.78 is 5.63. The summed E-state index contributed by atoms with van der Waals surface area (Å²) in [4.78, 5) is 4.07. The highest BCUT2D eigenvalue weighted by Gasteiger charge is 2.08. The van der Waals surface area contributed by atoms with Gasteiger partial charge in [-0.25, -0.2) is 0 Å². The van der Waals surface area contributed by atoms with Crippen LogP contribution in [-0.2, 0) is 0 Å². The fourth-order valence-electron chi connectivity index (χ4n) is 1.91. The molecule has 2 aromatic rings. The zero-order chi connectivity index (χ0) is 14.5. The molecule has 1 aromatic carbocycles. The van der Waals surface area contributed by atoms with Crippen LogP contribution in [0.4, 0.5) is 5.69 Å². The quantitative estimate of drug-likeness (QED) is 0.867. The fraction of sp³-hybridized carbons (Fsp3) is 0.312. The van der Waals surface area contributed by atoms with Gasteiger partial charge >= 0.3 is 0 Å². The highest BCUT2D eigenvalue weighted by atomic mass is 35.5. The van der Waals surface area contributed by atoms with Crippen molar-refractivity contribution >= 4 is 17.3 Å². The molecule has 4 heteroatoms. The van der Waals surface area contributed by atoms with E-state index in [0.29, 0.717) is 5.02 Å². The average molecular weight is 291 g/mol. The van der Waals surface area contributed by atoms with Gasteiger partial charge in [-0.05, 0) is 44.5 Å². The molecule has 0 spiro atoms. The molecule has 0 bridgehead atoms. The normalized spacial score (nSPS) is 12.2. The molecule has 1 heterocycles. The molecule has 1 atom stereocenters. The van der Waals surface area contributed by atoms with Crippen molar-refractivity contribution in [2.75, 3.05) is 5.32 Å². The second-order valence-electron chi connectivity index (χ2n) is 4.96. The van der Waals surface area contributed by atoms with E-state index in [1.54, 1.807) is 18.5 Å². The molecule has 20 heavy (non-hydrogen) atoms. The van der Waals surface area contributed by atoms with Gasteiger partial charge in [0.2, 0.25) is 0 Å². The number of ether oxygens (including phenoxy) is 1. The highest BCUT2D eigenvalue weighted by Crippen LogP contribution is 2.26. The standard InChI is InChI=1S/C16H19ClN2O/c1-11(2)20-14-6-4-13(5-7-14)12(3)19-16-10-18-9-8-15(16)17/h4-12,19H,1-3H3. The summed E-state index contributed by atoms with van der Waals surface area (Å²) in [6.07, 6.45) is 3.59. The van der Waals surface area contributed by atoms with Gasteiger partial charge in [-0.2, -0.15) is 0 Å². The molecule has 0 saturated heterocycles. The minimum Gasteiger partial charge on any atom is -0.491 e. The van der Waals surface area contributed by atoms with E-state index < -0.39 is 0 Å². The summed E-state index contributed by atoms with van der Waals surface area (Å²) in [5.74, 6) is 0.885. The predicted octanol–water partition coefficient (Wildman–Crippen LogP) is 4.70. The second kappa shape index (κ2) is 6.62. The SMILES string of the molecule is CC(C)Oc1ccc(C(C)Nc2cnccc2Cl)cc1. The molecule has 0 aliphatic rings. The summed E-state index contributed by atoms with van der Waals surface area (Å²) in [6.45, 7) is 6.12. The zero-order valence-corrected chi connectivity index (χ0v) is 12.7. The van der Waals surface area contributed by atoms with Crippen molar-refractivity contribution in [3.05, 3.63) is 53.3 Å². The first-order valence-electron chi connectivity index (χ1n) is 6.69. The molecule has 0 amide bonds. The Morgan fingerprint density at radius 1 is 1.10 bits per heavy atom. The molecule has 1 unspecified atom stereocenters. The number of benzene rings is 1. The maximum absolute atomic E-state index is 6.12. The summed E-state index contributed by atoms with van der Waals surface area (Å²) in [5, 5.41) is 4.02. The summed E-state index contributed by atoms with van der Waals surface area (Å²) in [7, 11) is 0. The number of aromatic nitrogens is 1. The Morgan fingerprint density at radius 2 is 1.80 bits per heavy atom. The van der Waals surface area contributed by atoms with Crippen LogP contribution in [0.2, 0.25) is 5.02 Å². The topological polar surface area (TPSA) is 34.1 Å². The number of nitrogens with one attached hydrogen (secondary N) is 1. The van der Waals surface area contributed by atoms with Gasteiger partial charge in [-0.3, -0.25) is 4.98 Å². The first-order chi connectivity index (χ1) is 9.56. The van der Waals surface area contributed by atoms with Crippen molar-refractivity contribution in [2.45, 2.75) is 32.9 Å². The molecular formula is C16H19ClN2O. The van der Waals surface area contributed by atoms with Crippen LogP contribution in [-0.4, -0.2) is 11.1 Å². The van der Waals surface area contributed by atoms with Crippen LogP contribution in [0.5, 0.6) is 5.75 Å². The zero-order valence-electron chi connectivity index (χ0n) is 11.9. The second-order valence-corrected chi connectivity index (χ2v) is 5.36. The van der Waals surface area contributed by atoms with Crippen molar-refractivity contribution in [1.82, 2.24) is 4.98 Å². The van der Waals surface area contributed by atoms with Crippen LogP contribution < -0.4 is 10.1 Å². The number of rotatable bonds is 5. The third kappa shape index (κ3) is 3.87. The van der Waals surface area contributed by atoms with Crippen molar-refractivity contribution < 1.29 is 4.74 Å². The van der Waals surface area contributed by atoms with Gasteiger partial charge in [0.15, 0.2) is 0 Å². The minimum absolute atomic E-state index is 0.143. The number of anilines is 1. The van der Waals surface area contributed by atoms with E-state index in [1.807, 2.05) is 26.0 Å². The number of pyridine rings is 1. The maximum Gasteiger partial charge on any atom is 0.119 e. The lowest BCUT2D eigenvalue weighted by molar-refractivity contribution is 0.242. The molecule has 2 rings (SSSR count). The Hall–Kier alpha value is -1.74. The molecule has 0 aliphatic carbocycles. The van der Waals surface area contributed by atoms with Crippen molar-refractivity contribution in [1.29, 1.82) is 0 Å². The van der Waals surface area contributed by atoms with Gasteiger partial charge in [0.05, 0.1) is 23.0 Å². The Morgan fingerprint density at radius 3 is 2.40 bits per heavy atom. The van der Waals surface area contributed by atoms with Crippen molar-refractivity contribution in [3.8, 4) is 5.75 Å². The highest BCUT2D eigenvalue weighted by molar-refractivity contribution is 6.33. The van der Waals surface area contributed by atoms with Crippen LogP contribution >= 0.6 is 11.6 Å². The fourth-order valence-corrected chi connectivity index (χ4v) is 2.07. The Bertz CT molecular complexity index is 555. The molecule has 1 aromatic heterocycles. The monoisotopic (exact) mass is 290 g/mol. The number of hydrogen-bond donors (Lipinski definition) is 1. The van der Waals surface area contributed by atoms with Crippen LogP contribution in [0.25, 0.3) is 0 Å². The molecule has 0 radical (unpaired) electrons. The third-order valence-corrected chi connectivity index (χ3v) is 3.22. The van der Waals surface area contributed by atoms with Gasteiger partial charge in [-0.1, -0.05) is 23.7 Å².